The molecular weight excluding hydrogens is 273 g/mol. The van der Waals surface area contributed by atoms with Crippen LogP contribution in [0.4, 0.5) is 0 Å². The van der Waals surface area contributed by atoms with Gasteiger partial charge < -0.3 is 14.4 Å². The van der Waals surface area contributed by atoms with Crippen molar-refractivity contribution in [3.8, 4) is 0 Å². The molecule has 0 aliphatic carbocycles. The third-order valence-corrected chi connectivity index (χ3v) is 3.30. The summed E-state index contributed by atoms with van der Waals surface area (Å²) in [6.07, 6.45) is 0. The first-order valence-corrected chi connectivity index (χ1v) is 6.13. The Morgan fingerprint density at radius 2 is 1.72 bits per heavy atom. The minimum absolute atomic E-state index is 0. The fourth-order valence-electron chi connectivity index (χ4n) is 2.34. The summed E-state index contributed by atoms with van der Waals surface area (Å²) in [5, 5.41) is 0.766. The van der Waals surface area contributed by atoms with Gasteiger partial charge in [-0.2, -0.15) is 0 Å². The smallest absolute Gasteiger partial charge is 0.146 e. The summed E-state index contributed by atoms with van der Waals surface area (Å²) in [5.74, 6) is 0.361. The second-order valence-electron chi connectivity index (χ2n) is 4.58. The van der Waals surface area contributed by atoms with E-state index in [0.29, 0.717) is 18.8 Å². The molecular formula is C13H19Cl2NO2. The maximum Gasteiger partial charge on any atom is 0.146 e. The summed E-state index contributed by atoms with van der Waals surface area (Å²) in [6, 6.07) is 8.30. The minimum atomic E-state index is 0. The maximum absolute atomic E-state index is 5.92. The van der Waals surface area contributed by atoms with Gasteiger partial charge in [0.1, 0.15) is 6.79 Å². The van der Waals surface area contributed by atoms with Crippen molar-refractivity contribution in [1.82, 2.24) is 4.90 Å². The number of hydrogen-bond acceptors (Lipinski definition) is 3. The molecule has 1 saturated heterocycles. The Morgan fingerprint density at radius 3 is 2.22 bits per heavy atom. The van der Waals surface area contributed by atoms with E-state index in [-0.39, 0.29) is 12.4 Å². The van der Waals surface area contributed by atoms with Crippen molar-refractivity contribution in [2.75, 3.05) is 34.1 Å². The Kier molecular flexibility index (Phi) is 6.39. The van der Waals surface area contributed by atoms with Crippen LogP contribution in [-0.4, -0.2) is 39.0 Å². The molecule has 0 radical (unpaired) electrons. The van der Waals surface area contributed by atoms with Gasteiger partial charge in [-0.15, -0.1) is 12.4 Å². The van der Waals surface area contributed by atoms with Gasteiger partial charge in [-0.05, 0) is 31.8 Å². The molecule has 1 aromatic rings. The topological polar surface area (TPSA) is 21.7 Å². The molecule has 1 aromatic carbocycles. The number of benzene rings is 1. The van der Waals surface area contributed by atoms with E-state index in [1.165, 1.54) is 5.56 Å². The number of nitrogens with zero attached hydrogens (tertiary/aromatic N) is 1. The summed E-state index contributed by atoms with van der Waals surface area (Å²) in [6.45, 7) is 1.90. The van der Waals surface area contributed by atoms with E-state index < -0.39 is 0 Å². The van der Waals surface area contributed by atoms with Crippen LogP contribution in [0.2, 0.25) is 5.02 Å². The van der Waals surface area contributed by atoms with Crippen LogP contribution in [0.15, 0.2) is 24.3 Å². The van der Waals surface area contributed by atoms with E-state index in [1.54, 1.807) is 0 Å². The lowest BCUT2D eigenvalue weighted by Gasteiger charge is -2.34. The Labute approximate surface area is 119 Å². The first kappa shape index (κ1) is 15.7. The molecule has 1 fully saturated rings. The lowest BCUT2D eigenvalue weighted by atomic mass is 9.93. The molecule has 102 valence electrons. The van der Waals surface area contributed by atoms with Crippen molar-refractivity contribution >= 4 is 24.0 Å². The normalized spacial score (nSPS) is 18.4. The third-order valence-electron chi connectivity index (χ3n) is 3.04. The molecule has 3 nitrogen and oxygen atoms in total. The van der Waals surface area contributed by atoms with Gasteiger partial charge in [-0.25, -0.2) is 0 Å². The largest absolute Gasteiger partial charge is 0.355 e. The number of hydrogen-bond donors (Lipinski definition) is 0. The van der Waals surface area contributed by atoms with Crippen molar-refractivity contribution in [2.24, 2.45) is 5.92 Å². The molecule has 0 aromatic heterocycles. The predicted molar refractivity (Wildman–Crippen MR) is 75.4 cm³/mol. The van der Waals surface area contributed by atoms with Gasteiger partial charge in [0.25, 0.3) is 0 Å². The maximum atomic E-state index is 5.92. The van der Waals surface area contributed by atoms with Crippen LogP contribution >= 0.6 is 24.0 Å². The van der Waals surface area contributed by atoms with E-state index in [9.17, 15) is 0 Å². The molecule has 0 amide bonds. The summed E-state index contributed by atoms with van der Waals surface area (Å²) < 4.78 is 10.8. The van der Waals surface area contributed by atoms with E-state index >= 15 is 0 Å². The molecule has 0 bridgehead atoms. The van der Waals surface area contributed by atoms with E-state index in [1.807, 2.05) is 12.1 Å². The Bertz CT molecular complexity index is 351. The SMILES string of the molecule is CN(C)C(c1ccc(Cl)cc1)C1COCOC1.Cl. The number of rotatable bonds is 3. The first-order valence-electron chi connectivity index (χ1n) is 5.76. The van der Waals surface area contributed by atoms with Crippen molar-refractivity contribution in [1.29, 1.82) is 0 Å². The monoisotopic (exact) mass is 291 g/mol. The molecule has 0 saturated carbocycles. The molecule has 1 aliphatic rings. The number of ether oxygens (including phenoxy) is 2. The third kappa shape index (κ3) is 3.84. The highest BCUT2D eigenvalue weighted by atomic mass is 35.5. The van der Waals surface area contributed by atoms with Crippen LogP contribution in [0.25, 0.3) is 0 Å². The van der Waals surface area contributed by atoms with Gasteiger partial charge in [0.05, 0.1) is 13.2 Å². The van der Waals surface area contributed by atoms with E-state index in [2.05, 4.69) is 31.1 Å². The van der Waals surface area contributed by atoms with Crippen LogP contribution in [-0.2, 0) is 9.47 Å². The Morgan fingerprint density at radius 1 is 1.17 bits per heavy atom. The Balaban J connectivity index is 0.00000162. The second-order valence-corrected chi connectivity index (χ2v) is 5.02. The van der Waals surface area contributed by atoms with Gasteiger partial charge in [0.2, 0.25) is 0 Å². The predicted octanol–water partition coefficient (Wildman–Crippen LogP) is 2.99. The van der Waals surface area contributed by atoms with Crippen molar-refractivity contribution < 1.29 is 9.47 Å². The van der Waals surface area contributed by atoms with Gasteiger partial charge in [0, 0.05) is 17.0 Å². The highest BCUT2D eigenvalue weighted by Gasteiger charge is 2.27. The zero-order chi connectivity index (χ0) is 12.3. The van der Waals surface area contributed by atoms with Gasteiger partial charge >= 0.3 is 0 Å². The lowest BCUT2D eigenvalue weighted by molar-refractivity contribution is -0.139. The quantitative estimate of drug-likeness (QED) is 0.855. The van der Waals surface area contributed by atoms with Gasteiger partial charge in [0.15, 0.2) is 0 Å². The molecule has 1 atom stereocenters. The van der Waals surface area contributed by atoms with E-state index in [0.717, 1.165) is 18.2 Å². The summed E-state index contributed by atoms with van der Waals surface area (Å²) in [5.41, 5.74) is 1.25. The van der Waals surface area contributed by atoms with Crippen LogP contribution < -0.4 is 0 Å². The van der Waals surface area contributed by atoms with E-state index in [4.69, 9.17) is 21.1 Å². The molecule has 0 spiro atoms. The van der Waals surface area contributed by atoms with Crippen LogP contribution in [0.3, 0.4) is 0 Å². The van der Waals surface area contributed by atoms with Crippen LogP contribution in [0.1, 0.15) is 11.6 Å². The van der Waals surface area contributed by atoms with Crippen molar-refractivity contribution in [2.45, 2.75) is 6.04 Å². The highest BCUT2D eigenvalue weighted by molar-refractivity contribution is 6.30. The van der Waals surface area contributed by atoms with Gasteiger partial charge in [-0.1, -0.05) is 23.7 Å². The summed E-state index contributed by atoms with van der Waals surface area (Å²) in [4.78, 5) is 2.20. The standard InChI is InChI=1S/C13H18ClNO2.ClH/c1-15(2)13(11-7-16-9-17-8-11)10-3-5-12(14)6-4-10;/h3-6,11,13H,7-9H2,1-2H3;1H. The molecule has 2 rings (SSSR count). The average Bonchev–Trinajstić information content (AvgIpc) is 2.33. The molecule has 5 heteroatoms. The molecule has 1 heterocycles. The Hall–Kier alpha value is -0.320. The fraction of sp³-hybridized carbons (Fsp3) is 0.538. The average molecular weight is 292 g/mol. The second kappa shape index (κ2) is 7.31. The minimum Gasteiger partial charge on any atom is -0.355 e. The first-order chi connectivity index (χ1) is 8.18. The highest BCUT2D eigenvalue weighted by Crippen LogP contribution is 2.29. The zero-order valence-corrected chi connectivity index (χ0v) is 12.2. The molecule has 1 aliphatic heterocycles. The van der Waals surface area contributed by atoms with Crippen LogP contribution in [0.5, 0.6) is 0 Å². The zero-order valence-electron chi connectivity index (χ0n) is 10.6. The van der Waals surface area contributed by atoms with Crippen molar-refractivity contribution in [3.63, 3.8) is 0 Å². The number of halogens is 2. The van der Waals surface area contributed by atoms with Crippen LogP contribution in [0, 0.1) is 5.92 Å². The summed E-state index contributed by atoms with van der Waals surface area (Å²) >= 11 is 5.92. The fourth-order valence-corrected chi connectivity index (χ4v) is 2.47. The molecule has 18 heavy (non-hydrogen) atoms. The van der Waals surface area contributed by atoms with Gasteiger partial charge in [-0.3, -0.25) is 0 Å². The molecule has 1 unspecified atom stereocenters. The lowest BCUT2D eigenvalue weighted by Crippen LogP contribution is -2.36. The summed E-state index contributed by atoms with van der Waals surface area (Å²) in [7, 11) is 4.15. The van der Waals surface area contributed by atoms with Crippen molar-refractivity contribution in [3.05, 3.63) is 34.9 Å². The molecule has 0 N–H and O–H groups in total.